The van der Waals surface area contributed by atoms with Crippen molar-refractivity contribution in [3.63, 3.8) is 0 Å². The Bertz CT molecular complexity index is 602. The average molecular weight is 316 g/mol. The lowest BCUT2D eigenvalue weighted by atomic mass is 9.94. The summed E-state index contributed by atoms with van der Waals surface area (Å²) >= 11 is 0. The predicted octanol–water partition coefficient (Wildman–Crippen LogP) is 3.40. The van der Waals surface area contributed by atoms with Crippen LogP contribution in [0.2, 0.25) is 0 Å². The normalized spacial score (nSPS) is 14.7. The van der Waals surface area contributed by atoms with Crippen LogP contribution >= 0.6 is 0 Å². The van der Waals surface area contributed by atoms with Crippen LogP contribution in [0.5, 0.6) is 0 Å². The summed E-state index contributed by atoms with van der Waals surface area (Å²) in [7, 11) is 4.22. The van der Waals surface area contributed by atoms with Crippen molar-refractivity contribution in [2.45, 2.75) is 53.4 Å². The number of aromatic nitrogens is 1. The third-order valence-corrected chi connectivity index (χ3v) is 4.84. The largest absolute Gasteiger partial charge is 0.398 e. The SMILES string of the molecule is CCCc1nc2c(c(N)c1CC)CC(C)=C(C)N2CCN(C)C. The molecule has 4 heteroatoms. The summed E-state index contributed by atoms with van der Waals surface area (Å²) in [6, 6.07) is 0. The molecule has 0 amide bonds. The van der Waals surface area contributed by atoms with Crippen molar-refractivity contribution in [2.75, 3.05) is 37.8 Å². The molecular formula is C19H32N4. The van der Waals surface area contributed by atoms with Crippen molar-refractivity contribution in [1.82, 2.24) is 9.88 Å². The van der Waals surface area contributed by atoms with Crippen molar-refractivity contribution >= 4 is 11.5 Å². The minimum Gasteiger partial charge on any atom is -0.398 e. The first-order valence-electron chi connectivity index (χ1n) is 8.79. The van der Waals surface area contributed by atoms with E-state index in [1.54, 1.807) is 0 Å². The highest BCUT2D eigenvalue weighted by Crippen LogP contribution is 2.37. The summed E-state index contributed by atoms with van der Waals surface area (Å²) < 4.78 is 0. The third kappa shape index (κ3) is 3.52. The Morgan fingerprint density at radius 3 is 2.48 bits per heavy atom. The molecule has 23 heavy (non-hydrogen) atoms. The predicted molar refractivity (Wildman–Crippen MR) is 100 cm³/mol. The Hall–Kier alpha value is -1.55. The molecule has 0 unspecified atom stereocenters. The Labute approximate surface area is 141 Å². The van der Waals surface area contributed by atoms with E-state index in [4.69, 9.17) is 10.7 Å². The number of aryl methyl sites for hydroxylation is 1. The molecule has 128 valence electrons. The van der Waals surface area contributed by atoms with Gasteiger partial charge >= 0.3 is 0 Å². The van der Waals surface area contributed by atoms with Crippen LogP contribution in [0.1, 0.15) is 50.9 Å². The van der Waals surface area contributed by atoms with Gasteiger partial charge < -0.3 is 15.5 Å². The van der Waals surface area contributed by atoms with Crippen LogP contribution in [0, 0.1) is 0 Å². The monoisotopic (exact) mass is 316 g/mol. The molecule has 2 N–H and O–H groups in total. The van der Waals surface area contributed by atoms with Gasteiger partial charge in [-0.2, -0.15) is 0 Å². The number of hydrogen-bond acceptors (Lipinski definition) is 4. The number of allylic oxidation sites excluding steroid dienone is 2. The summed E-state index contributed by atoms with van der Waals surface area (Å²) in [5, 5.41) is 0. The fourth-order valence-electron chi connectivity index (χ4n) is 3.31. The highest BCUT2D eigenvalue weighted by molar-refractivity contribution is 5.71. The lowest BCUT2D eigenvalue weighted by Crippen LogP contribution is -2.35. The summed E-state index contributed by atoms with van der Waals surface area (Å²) in [4.78, 5) is 9.65. The Morgan fingerprint density at radius 1 is 1.22 bits per heavy atom. The first-order valence-corrected chi connectivity index (χ1v) is 8.79. The van der Waals surface area contributed by atoms with Gasteiger partial charge in [-0.05, 0) is 51.9 Å². The van der Waals surface area contributed by atoms with E-state index in [9.17, 15) is 0 Å². The second-order valence-corrected chi connectivity index (χ2v) is 6.85. The molecule has 0 radical (unpaired) electrons. The van der Waals surface area contributed by atoms with Crippen molar-refractivity contribution in [3.05, 3.63) is 28.1 Å². The molecular weight excluding hydrogens is 284 g/mol. The van der Waals surface area contributed by atoms with Crippen LogP contribution in [0.4, 0.5) is 11.5 Å². The summed E-state index contributed by atoms with van der Waals surface area (Å²) in [6.45, 7) is 10.8. The van der Waals surface area contributed by atoms with Crippen molar-refractivity contribution in [2.24, 2.45) is 0 Å². The molecule has 0 spiro atoms. The molecule has 0 aromatic carbocycles. The first-order chi connectivity index (χ1) is 10.9. The molecule has 1 aliphatic rings. The van der Waals surface area contributed by atoms with E-state index in [2.05, 4.69) is 51.6 Å². The van der Waals surface area contributed by atoms with Crippen LogP contribution in [0.25, 0.3) is 0 Å². The maximum atomic E-state index is 6.57. The zero-order valence-electron chi connectivity index (χ0n) is 15.7. The van der Waals surface area contributed by atoms with Crippen LogP contribution < -0.4 is 10.6 Å². The molecule has 0 bridgehead atoms. The quantitative estimate of drug-likeness (QED) is 0.874. The highest BCUT2D eigenvalue weighted by Gasteiger charge is 2.26. The van der Waals surface area contributed by atoms with Gasteiger partial charge in [0, 0.05) is 42.2 Å². The Kier molecular flexibility index (Phi) is 5.69. The number of nitrogens with two attached hydrogens (primary N) is 1. The topological polar surface area (TPSA) is 45.4 Å². The summed E-state index contributed by atoms with van der Waals surface area (Å²) in [6.07, 6.45) is 3.99. The van der Waals surface area contributed by atoms with Crippen molar-refractivity contribution in [1.29, 1.82) is 0 Å². The molecule has 2 rings (SSSR count). The van der Waals surface area contributed by atoms with Gasteiger partial charge in [-0.3, -0.25) is 0 Å². The zero-order chi connectivity index (χ0) is 17.1. The van der Waals surface area contributed by atoms with Gasteiger partial charge in [0.1, 0.15) is 5.82 Å². The Morgan fingerprint density at radius 2 is 1.91 bits per heavy atom. The van der Waals surface area contributed by atoms with E-state index < -0.39 is 0 Å². The van der Waals surface area contributed by atoms with Gasteiger partial charge in [-0.1, -0.05) is 20.3 Å². The van der Waals surface area contributed by atoms with Gasteiger partial charge in [0.2, 0.25) is 0 Å². The maximum absolute atomic E-state index is 6.57. The number of fused-ring (bicyclic) bond motifs is 1. The first kappa shape index (κ1) is 17.8. The molecule has 4 nitrogen and oxygen atoms in total. The second-order valence-electron chi connectivity index (χ2n) is 6.85. The summed E-state index contributed by atoms with van der Waals surface area (Å²) in [5.74, 6) is 1.09. The molecule has 0 saturated carbocycles. The number of nitrogen functional groups attached to an aromatic ring is 1. The maximum Gasteiger partial charge on any atom is 0.138 e. The minimum absolute atomic E-state index is 0.928. The van der Waals surface area contributed by atoms with Gasteiger partial charge in [0.05, 0.1) is 0 Å². The fraction of sp³-hybridized carbons (Fsp3) is 0.632. The number of nitrogens with zero attached hydrogens (tertiary/aromatic N) is 3. The van der Waals surface area contributed by atoms with Gasteiger partial charge in [0.15, 0.2) is 0 Å². The van der Waals surface area contributed by atoms with E-state index in [1.807, 2.05) is 0 Å². The second kappa shape index (κ2) is 7.35. The average Bonchev–Trinajstić information content (AvgIpc) is 2.49. The van der Waals surface area contributed by atoms with Gasteiger partial charge in [0.25, 0.3) is 0 Å². The molecule has 1 aromatic rings. The standard InChI is InChI=1S/C19H32N4/c1-7-9-17-15(8-2)18(20)16-12-13(3)14(4)23(19(16)21-17)11-10-22(5)6/h7-12H2,1-6H3,(H2,20,21). The Balaban J connectivity index is 2.53. The summed E-state index contributed by atoms with van der Waals surface area (Å²) in [5.41, 5.74) is 13.9. The molecule has 0 fully saturated rings. The molecule has 1 aliphatic heterocycles. The van der Waals surface area contributed by atoms with E-state index >= 15 is 0 Å². The molecule has 0 aliphatic carbocycles. The number of likely N-dealkylation sites (N-methyl/N-ethyl adjacent to an activating group) is 1. The molecule has 0 atom stereocenters. The van der Waals surface area contributed by atoms with Crippen molar-refractivity contribution < 1.29 is 0 Å². The highest BCUT2D eigenvalue weighted by atomic mass is 15.2. The van der Waals surface area contributed by atoms with Crippen LogP contribution in [0.3, 0.4) is 0 Å². The lowest BCUT2D eigenvalue weighted by molar-refractivity contribution is 0.416. The molecule has 0 saturated heterocycles. The number of rotatable bonds is 6. The zero-order valence-corrected chi connectivity index (χ0v) is 15.7. The van der Waals surface area contributed by atoms with Crippen LogP contribution in [-0.2, 0) is 19.3 Å². The van der Waals surface area contributed by atoms with Crippen LogP contribution in [0.15, 0.2) is 11.3 Å². The van der Waals surface area contributed by atoms with E-state index in [1.165, 1.54) is 28.1 Å². The smallest absolute Gasteiger partial charge is 0.138 e. The number of hydrogen-bond donors (Lipinski definition) is 1. The number of pyridine rings is 1. The van der Waals surface area contributed by atoms with Gasteiger partial charge in [-0.15, -0.1) is 0 Å². The van der Waals surface area contributed by atoms with E-state index in [0.717, 1.165) is 50.3 Å². The van der Waals surface area contributed by atoms with Gasteiger partial charge in [-0.25, -0.2) is 4.98 Å². The fourth-order valence-corrected chi connectivity index (χ4v) is 3.31. The molecule has 2 heterocycles. The van der Waals surface area contributed by atoms with Crippen molar-refractivity contribution in [3.8, 4) is 0 Å². The number of anilines is 2. The van der Waals surface area contributed by atoms with Crippen LogP contribution in [-0.4, -0.2) is 37.1 Å². The lowest BCUT2D eigenvalue weighted by Gasteiger charge is -2.35. The van der Waals surface area contributed by atoms with E-state index in [-0.39, 0.29) is 0 Å². The van der Waals surface area contributed by atoms with E-state index in [0.29, 0.717) is 0 Å². The molecule has 1 aromatic heterocycles. The minimum atomic E-state index is 0.928. The third-order valence-electron chi connectivity index (χ3n) is 4.84.